The van der Waals surface area contributed by atoms with Crippen LogP contribution in [0.2, 0.25) is 5.02 Å². The summed E-state index contributed by atoms with van der Waals surface area (Å²) in [5.41, 5.74) is 4.89. The molecule has 0 spiro atoms. The quantitative estimate of drug-likeness (QED) is 0.901. The number of carbonyl (C=O) groups excluding carboxylic acids is 1. The Bertz CT molecular complexity index is 686. The predicted molar refractivity (Wildman–Crippen MR) is 78.4 cm³/mol. The molecule has 20 heavy (non-hydrogen) atoms. The molecule has 0 atom stereocenters. The van der Waals surface area contributed by atoms with Crippen LogP contribution in [0.25, 0.3) is 5.70 Å². The van der Waals surface area contributed by atoms with Gasteiger partial charge in [-0.15, -0.1) is 0 Å². The standard InChI is InChI=1S/C15H11ClN2O2/c1-10-13-9-11(16)7-8-14(13)20-15(19)18(10)17-12-5-3-2-4-6-12/h2-9,17H,1H2. The molecule has 0 unspecified atom stereocenters. The van der Waals surface area contributed by atoms with Crippen LogP contribution in [0, 0.1) is 0 Å². The second kappa shape index (κ2) is 4.90. The molecule has 4 nitrogen and oxygen atoms in total. The van der Waals surface area contributed by atoms with Crippen LogP contribution in [0.3, 0.4) is 0 Å². The number of nitrogens with zero attached hydrogens (tertiary/aromatic N) is 1. The molecular weight excluding hydrogens is 276 g/mol. The van der Waals surface area contributed by atoms with Gasteiger partial charge in [0.25, 0.3) is 0 Å². The molecule has 1 aliphatic rings. The number of rotatable bonds is 2. The Balaban J connectivity index is 1.94. The third-order valence-electron chi connectivity index (χ3n) is 2.92. The zero-order valence-electron chi connectivity index (χ0n) is 10.5. The van der Waals surface area contributed by atoms with Gasteiger partial charge in [-0.2, -0.15) is 5.01 Å². The number of nitrogens with one attached hydrogen (secondary N) is 1. The molecule has 0 fully saturated rings. The lowest BCUT2D eigenvalue weighted by molar-refractivity contribution is 0.175. The van der Waals surface area contributed by atoms with Gasteiger partial charge in [0.1, 0.15) is 5.75 Å². The van der Waals surface area contributed by atoms with Gasteiger partial charge < -0.3 is 4.74 Å². The number of benzene rings is 2. The van der Waals surface area contributed by atoms with Crippen LogP contribution >= 0.6 is 11.6 Å². The van der Waals surface area contributed by atoms with Crippen molar-refractivity contribution >= 4 is 29.1 Å². The number of fused-ring (bicyclic) bond motifs is 1. The van der Waals surface area contributed by atoms with Gasteiger partial charge in [0.15, 0.2) is 0 Å². The molecule has 5 heteroatoms. The molecule has 0 saturated carbocycles. The second-order valence-electron chi connectivity index (χ2n) is 4.27. The van der Waals surface area contributed by atoms with E-state index in [4.69, 9.17) is 16.3 Å². The molecule has 1 aliphatic heterocycles. The van der Waals surface area contributed by atoms with Crippen molar-refractivity contribution in [2.45, 2.75) is 0 Å². The molecular formula is C15H11ClN2O2. The van der Waals surface area contributed by atoms with Crippen LogP contribution in [-0.4, -0.2) is 11.1 Å². The zero-order chi connectivity index (χ0) is 14.1. The molecule has 1 amide bonds. The third kappa shape index (κ3) is 2.21. The lowest BCUT2D eigenvalue weighted by Gasteiger charge is -2.30. The Hall–Kier alpha value is -2.46. The van der Waals surface area contributed by atoms with Crippen molar-refractivity contribution in [3.63, 3.8) is 0 Å². The van der Waals surface area contributed by atoms with Crippen LogP contribution in [0.1, 0.15) is 5.56 Å². The largest absolute Gasteiger partial charge is 0.438 e. The number of hydrogen-bond acceptors (Lipinski definition) is 3. The van der Waals surface area contributed by atoms with Crippen molar-refractivity contribution in [1.29, 1.82) is 0 Å². The van der Waals surface area contributed by atoms with Crippen molar-refractivity contribution in [2.24, 2.45) is 0 Å². The normalized spacial score (nSPS) is 13.8. The summed E-state index contributed by atoms with van der Waals surface area (Å²) in [6.45, 7) is 3.93. The molecule has 2 aromatic carbocycles. The molecule has 1 heterocycles. The first-order valence-corrected chi connectivity index (χ1v) is 6.35. The van der Waals surface area contributed by atoms with E-state index in [1.54, 1.807) is 18.2 Å². The molecule has 0 aliphatic carbocycles. The van der Waals surface area contributed by atoms with Gasteiger partial charge in [-0.1, -0.05) is 36.4 Å². The van der Waals surface area contributed by atoms with Gasteiger partial charge in [0.2, 0.25) is 0 Å². The molecule has 3 rings (SSSR count). The monoisotopic (exact) mass is 286 g/mol. The zero-order valence-corrected chi connectivity index (χ0v) is 11.2. The van der Waals surface area contributed by atoms with Crippen LogP contribution < -0.4 is 10.2 Å². The van der Waals surface area contributed by atoms with Crippen LogP contribution in [0.5, 0.6) is 5.75 Å². The van der Waals surface area contributed by atoms with Crippen molar-refractivity contribution in [3.8, 4) is 5.75 Å². The Morgan fingerprint density at radius 2 is 1.90 bits per heavy atom. The van der Waals surface area contributed by atoms with Gasteiger partial charge in [-0.05, 0) is 30.3 Å². The minimum absolute atomic E-state index is 0.454. The van der Waals surface area contributed by atoms with E-state index in [1.165, 1.54) is 5.01 Å². The van der Waals surface area contributed by atoms with Crippen molar-refractivity contribution < 1.29 is 9.53 Å². The Morgan fingerprint density at radius 1 is 1.15 bits per heavy atom. The first-order chi connectivity index (χ1) is 9.65. The van der Waals surface area contributed by atoms with E-state index in [-0.39, 0.29) is 0 Å². The Morgan fingerprint density at radius 3 is 2.65 bits per heavy atom. The number of hydrazine groups is 1. The number of amides is 1. The summed E-state index contributed by atoms with van der Waals surface area (Å²) in [6.07, 6.45) is -0.534. The van der Waals surface area contributed by atoms with Gasteiger partial charge >= 0.3 is 6.09 Å². The molecule has 0 bridgehead atoms. The fraction of sp³-hybridized carbons (Fsp3) is 0. The molecule has 0 saturated heterocycles. The summed E-state index contributed by atoms with van der Waals surface area (Å²) in [7, 11) is 0. The second-order valence-corrected chi connectivity index (χ2v) is 4.70. The fourth-order valence-electron chi connectivity index (χ4n) is 1.94. The number of carbonyl (C=O) groups is 1. The molecule has 1 N–H and O–H groups in total. The highest BCUT2D eigenvalue weighted by Gasteiger charge is 2.29. The number of anilines is 1. The van der Waals surface area contributed by atoms with E-state index >= 15 is 0 Å². The van der Waals surface area contributed by atoms with E-state index in [9.17, 15) is 4.79 Å². The summed E-state index contributed by atoms with van der Waals surface area (Å²) < 4.78 is 5.25. The molecule has 2 aromatic rings. The van der Waals surface area contributed by atoms with Gasteiger partial charge in [-0.3, -0.25) is 5.43 Å². The fourth-order valence-corrected chi connectivity index (χ4v) is 2.11. The highest BCUT2D eigenvalue weighted by atomic mass is 35.5. The minimum Gasteiger partial charge on any atom is -0.408 e. The average Bonchev–Trinajstić information content (AvgIpc) is 2.46. The van der Waals surface area contributed by atoms with E-state index in [0.29, 0.717) is 22.0 Å². The summed E-state index contributed by atoms with van der Waals surface area (Å²) in [4.78, 5) is 12.0. The SMILES string of the molecule is C=C1c2cc(Cl)ccc2OC(=O)N1Nc1ccccc1. The maximum absolute atomic E-state index is 12.0. The van der Waals surface area contributed by atoms with Gasteiger partial charge in [-0.25, -0.2) is 4.79 Å². The highest BCUT2D eigenvalue weighted by molar-refractivity contribution is 6.30. The predicted octanol–water partition coefficient (Wildman–Crippen LogP) is 4.15. The summed E-state index contributed by atoms with van der Waals surface area (Å²) in [5, 5.41) is 1.82. The van der Waals surface area contributed by atoms with Gasteiger partial charge in [0, 0.05) is 10.6 Å². The lowest BCUT2D eigenvalue weighted by Crippen LogP contribution is -2.39. The van der Waals surface area contributed by atoms with E-state index in [0.717, 1.165) is 5.69 Å². The highest BCUT2D eigenvalue weighted by Crippen LogP contribution is 2.34. The smallest absolute Gasteiger partial charge is 0.408 e. The maximum atomic E-state index is 12.0. The van der Waals surface area contributed by atoms with E-state index in [1.807, 2.05) is 30.3 Å². The lowest BCUT2D eigenvalue weighted by atomic mass is 10.1. The number of para-hydroxylation sites is 1. The van der Waals surface area contributed by atoms with Gasteiger partial charge in [0.05, 0.1) is 11.4 Å². The topological polar surface area (TPSA) is 41.6 Å². The maximum Gasteiger partial charge on any atom is 0.438 e. The Kier molecular flexibility index (Phi) is 3.08. The molecule has 0 radical (unpaired) electrons. The average molecular weight is 287 g/mol. The van der Waals surface area contributed by atoms with Crippen LogP contribution in [0.15, 0.2) is 55.1 Å². The minimum atomic E-state index is -0.534. The van der Waals surface area contributed by atoms with Crippen molar-refractivity contribution in [3.05, 3.63) is 65.7 Å². The number of halogens is 1. The van der Waals surface area contributed by atoms with Crippen LogP contribution in [0.4, 0.5) is 10.5 Å². The van der Waals surface area contributed by atoms with Crippen molar-refractivity contribution in [2.75, 3.05) is 5.43 Å². The third-order valence-corrected chi connectivity index (χ3v) is 3.15. The summed E-state index contributed by atoms with van der Waals surface area (Å²) >= 11 is 5.97. The van der Waals surface area contributed by atoms with E-state index in [2.05, 4.69) is 12.0 Å². The number of hydrogen-bond donors (Lipinski definition) is 1. The Labute approximate surface area is 121 Å². The van der Waals surface area contributed by atoms with Crippen molar-refractivity contribution in [1.82, 2.24) is 5.01 Å². The van der Waals surface area contributed by atoms with Crippen LogP contribution in [-0.2, 0) is 0 Å². The molecule has 0 aromatic heterocycles. The summed E-state index contributed by atoms with van der Waals surface area (Å²) in [6, 6.07) is 14.3. The van der Waals surface area contributed by atoms with E-state index < -0.39 is 6.09 Å². The summed E-state index contributed by atoms with van der Waals surface area (Å²) in [5.74, 6) is 0.454. The molecule has 100 valence electrons. The number of ether oxygens (including phenoxy) is 1. The first kappa shape index (κ1) is 12.6. The first-order valence-electron chi connectivity index (χ1n) is 5.97.